The highest BCUT2D eigenvalue weighted by molar-refractivity contribution is 5.80. The average Bonchev–Trinajstić information content (AvgIpc) is 3.08. The minimum atomic E-state index is 0.411. The molecule has 142 valence electrons. The molecule has 1 aliphatic rings. The van der Waals surface area contributed by atoms with Crippen molar-refractivity contribution in [3.63, 3.8) is 0 Å². The Balaban J connectivity index is 1.51. The average molecular weight is 358 g/mol. The summed E-state index contributed by atoms with van der Waals surface area (Å²) in [7, 11) is 0. The number of ether oxygens (including phenoxy) is 1. The van der Waals surface area contributed by atoms with Crippen LogP contribution in [0.2, 0.25) is 0 Å². The molecule has 1 aromatic heterocycles. The molecule has 0 atom stereocenters. The Bertz CT molecular complexity index is 703. The summed E-state index contributed by atoms with van der Waals surface area (Å²) in [6.45, 7) is 9.70. The van der Waals surface area contributed by atoms with E-state index >= 15 is 0 Å². The lowest BCUT2D eigenvalue weighted by Crippen LogP contribution is -2.47. The summed E-state index contributed by atoms with van der Waals surface area (Å²) in [6, 6.07) is 8.27. The number of rotatable bonds is 7. The van der Waals surface area contributed by atoms with E-state index in [4.69, 9.17) is 9.73 Å². The van der Waals surface area contributed by atoms with Crippen molar-refractivity contribution in [1.29, 1.82) is 0 Å². The summed E-state index contributed by atoms with van der Waals surface area (Å²) in [6.07, 6.45) is 5.51. The number of hydrogen-bond donors (Lipinski definition) is 1. The first-order valence-corrected chi connectivity index (χ1v) is 9.86. The highest BCUT2D eigenvalue weighted by Crippen LogP contribution is 2.14. The number of nitrogens with zero attached hydrogens (tertiary/aromatic N) is 4. The summed E-state index contributed by atoms with van der Waals surface area (Å²) in [5, 5.41) is 3.44. The highest BCUT2D eigenvalue weighted by Gasteiger charge is 2.21. The van der Waals surface area contributed by atoms with Gasteiger partial charge in [-0.2, -0.15) is 0 Å². The Morgan fingerprint density at radius 1 is 1.27 bits per heavy atom. The molecule has 2 aromatic rings. The molecule has 0 aliphatic carbocycles. The van der Waals surface area contributed by atoms with Gasteiger partial charge in [0.15, 0.2) is 5.96 Å². The highest BCUT2D eigenvalue weighted by atomic mass is 16.5. The number of guanidine groups is 1. The summed E-state index contributed by atoms with van der Waals surface area (Å²) < 4.78 is 7.96. The molecular formula is C20H31N5O. The second-order valence-corrected chi connectivity index (χ2v) is 6.66. The van der Waals surface area contributed by atoms with E-state index < -0.39 is 0 Å². The lowest BCUT2D eigenvalue weighted by molar-refractivity contribution is 0.0264. The third kappa shape index (κ3) is 4.75. The fourth-order valence-corrected chi connectivity index (χ4v) is 3.51. The Kier molecular flexibility index (Phi) is 6.89. The lowest BCUT2D eigenvalue weighted by Gasteiger charge is -2.34. The summed E-state index contributed by atoms with van der Waals surface area (Å²) >= 11 is 0. The van der Waals surface area contributed by atoms with Gasteiger partial charge in [-0.1, -0.05) is 12.1 Å². The third-order valence-corrected chi connectivity index (χ3v) is 4.82. The predicted molar refractivity (Wildman–Crippen MR) is 107 cm³/mol. The van der Waals surface area contributed by atoms with Crippen molar-refractivity contribution in [2.45, 2.75) is 45.8 Å². The van der Waals surface area contributed by atoms with Gasteiger partial charge in [-0.25, -0.2) is 4.98 Å². The second kappa shape index (κ2) is 9.57. The number of imidazole rings is 1. The van der Waals surface area contributed by atoms with E-state index in [0.717, 1.165) is 70.1 Å². The standard InChI is InChI=1S/C20H31N5O/c1-3-21-20(24-14-10-17(11-15-24)26-4-2)22-12-7-13-25-16-23-18-8-5-6-9-19(18)25/h5-6,8-9,16-17H,3-4,7,10-15H2,1-2H3,(H,21,22). The van der Waals surface area contributed by atoms with Crippen LogP contribution in [0.3, 0.4) is 0 Å². The molecular weight excluding hydrogens is 326 g/mol. The smallest absolute Gasteiger partial charge is 0.193 e. The minimum Gasteiger partial charge on any atom is -0.378 e. The number of fused-ring (bicyclic) bond motifs is 1. The van der Waals surface area contributed by atoms with Crippen LogP contribution >= 0.6 is 0 Å². The summed E-state index contributed by atoms with van der Waals surface area (Å²) in [5.41, 5.74) is 2.25. The Labute approximate surface area is 156 Å². The second-order valence-electron chi connectivity index (χ2n) is 6.66. The van der Waals surface area contributed by atoms with Gasteiger partial charge in [-0.15, -0.1) is 0 Å². The van der Waals surface area contributed by atoms with Crippen LogP contribution in [-0.2, 0) is 11.3 Å². The topological polar surface area (TPSA) is 54.7 Å². The molecule has 0 amide bonds. The molecule has 1 aliphatic heterocycles. The Hall–Kier alpha value is -2.08. The molecule has 0 bridgehead atoms. The number of likely N-dealkylation sites (tertiary alicyclic amines) is 1. The van der Waals surface area contributed by atoms with Gasteiger partial charge in [-0.3, -0.25) is 4.99 Å². The molecule has 1 N–H and O–H groups in total. The largest absolute Gasteiger partial charge is 0.378 e. The fourth-order valence-electron chi connectivity index (χ4n) is 3.51. The Morgan fingerprint density at radius 3 is 2.85 bits per heavy atom. The number of aromatic nitrogens is 2. The SMILES string of the molecule is CCNC(=NCCCn1cnc2ccccc21)N1CCC(OCC)CC1. The van der Waals surface area contributed by atoms with Crippen molar-refractivity contribution in [2.75, 3.05) is 32.8 Å². The van der Waals surface area contributed by atoms with Gasteiger partial charge in [0.25, 0.3) is 0 Å². The monoisotopic (exact) mass is 357 g/mol. The van der Waals surface area contributed by atoms with Crippen molar-refractivity contribution in [3.8, 4) is 0 Å². The van der Waals surface area contributed by atoms with Crippen LogP contribution in [0.1, 0.15) is 33.1 Å². The maximum Gasteiger partial charge on any atom is 0.193 e. The van der Waals surface area contributed by atoms with Crippen LogP contribution in [-0.4, -0.2) is 59.3 Å². The molecule has 26 heavy (non-hydrogen) atoms. The van der Waals surface area contributed by atoms with Gasteiger partial charge in [0.1, 0.15) is 0 Å². The summed E-state index contributed by atoms with van der Waals surface area (Å²) in [5.74, 6) is 1.04. The maximum absolute atomic E-state index is 5.75. The van der Waals surface area contributed by atoms with Crippen LogP contribution < -0.4 is 5.32 Å². The zero-order chi connectivity index (χ0) is 18.2. The maximum atomic E-state index is 5.75. The molecule has 6 nitrogen and oxygen atoms in total. The van der Waals surface area contributed by atoms with Gasteiger partial charge in [0, 0.05) is 39.3 Å². The molecule has 1 saturated heterocycles. The number of nitrogens with one attached hydrogen (secondary N) is 1. The van der Waals surface area contributed by atoms with Crippen LogP contribution in [0, 0.1) is 0 Å². The molecule has 2 heterocycles. The number of benzene rings is 1. The van der Waals surface area contributed by atoms with E-state index in [2.05, 4.69) is 51.8 Å². The third-order valence-electron chi connectivity index (χ3n) is 4.82. The van der Waals surface area contributed by atoms with Crippen molar-refractivity contribution in [1.82, 2.24) is 19.8 Å². The van der Waals surface area contributed by atoms with E-state index in [0.29, 0.717) is 6.10 Å². The predicted octanol–water partition coefficient (Wildman–Crippen LogP) is 2.89. The van der Waals surface area contributed by atoms with E-state index in [1.54, 1.807) is 0 Å². The number of hydrogen-bond acceptors (Lipinski definition) is 3. The first kappa shape index (κ1) is 18.7. The van der Waals surface area contributed by atoms with Crippen molar-refractivity contribution >= 4 is 17.0 Å². The molecule has 6 heteroatoms. The first-order valence-electron chi connectivity index (χ1n) is 9.86. The van der Waals surface area contributed by atoms with E-state index in [1.807, 2.05) is 12.4 Å². The lowest BCUT2D eigenvalue weighted by atomic mass is 10.1. The number of piperidine rings is 1. The van der Waals surface area contributed by atoms with E-state index in [9.17, 15) is 0 Å². The van der Waals surface area contributed by atoms with Gasteiger partial charge < -0.3 is 19.5 Å². The van der Waals surface area contributed by atoms with Crippen LogP contribution in [0.15, 0.2) is 35.6 Å². The van der Waals surface area contributed by atoms with Crippen LogP contribution in [0.25, 0.3) is 11.0 Å². The zero-order valence-corrected chi connectivity index (χ0v) is 16.0. The van der Waals surface area contributed by atoms with Gasteiger partial charge >= 0.3 is 0 Å². The number of aliphatic imine (C=N–C) groups is 1. The molecule has 0 spiro atoms. The number of para-hydroxylation sites is 2. The van der Waals surface area contributed by atoms with Gasteiger partial charge in [-0.05, 0) is 45.2 Å². The normalized spacial score (nSPS) is 16.4. The summed E-state index contributed by atoms with van der Waals surface area (Å²) in [4.78, 5) is 11.7. The number of aryl methyl sites for hydroxylation is 1. The van der Waals surface area contributed by atoms with Crippen LogP contribution in [0.4, 0.5) is 0 Å². The van der Waals surface area contributed by atoms with Crippen molar-refractivity contribution in [2.24, 2.45) is 4.99 Å². The van der Waals surface area contributed by atoms with Gasteiger partial charge in [0.2, 0.25) is 0 Å². The first-order chi connectivity index (χ1) is 12.8. The van der Waals surface area contributed by atoms with Crippen LogP contribution in [0.5, 0.6) is 0 Å². The van der Waals surface area contributed by atoms with E-state index in [-0.39, 0.29) is 0 Å². The molecule has 3 rings (SSSR count). The quantitative estimate of drug-likeness (QED) is 0.470. The van der Waals surface area contributed by atoms with E-state index in [1.165, 1.54) is 5.52 Å². The zero-order valence-electron chi connectivity index (χ0n) is 16.0. The molecule has 0 unspecified atom stereocenters. The van der Waals surface area contributed by atoms with Gasteiger partial charge in [0.05, 0.1) is 23.5 Å². The molecule has 1 fully saturated rings. The Morgan fingerprint density at radius 2 is 2.08 bits per heavy atom. The molecule has 0 radical (unpaired) electrons. The minimum absolute atomic E-state index is 0.411. The van der Waals surface area contributed by atoms with Crippen molar-refractivity contribution < 1.29 is 4.74 Å². The molecule has 0 saturated carbocycles. The van der Waals surface area contributed by atoms with Crippen molar-refractivity contribution in [3.05, 3.63) is 30.6 Å². The fraction of sp³-hybridized carbons (Fsp3) is 0.600. The molecule has 1 aromatic carbocycles.